The van der Waals surface area contributed by atoms with E-state index in [-0.39, 0.29) is 23.9 Å². The van der Waals surface area contributed by atoms with Gasteiger partial charge in [0, 0.05) is 35.9 Å². The number of nitrogens with one attached hydrogen (secondary N) is 1. The Bertz CT molecular complexity index is 1320. The molecule has 2 heterocycles. The predicted molar refractivity (Wildman–Crippen MR) is 116 cm³/mol. The van der Waals surface area contributed by atoms with Crippen LogP contribution in [0.2, 0.25) is 5.02 Å². The Morgan fingerprint density at radius 3 is 2.74 bits per heavy atom. The Morgan fingerprint density at radius 1 is 1.16 bits per heavy atom. The Kier molecular flexibility index (Phi) is 5.81. The molecule has 0 spiro atoms. The molecular weight excluding hydrogens is 421 g/mol. The highest BCUT2D eigenvalue weighted by atomic mass is 35.5. The van der Waals surface area contributed by atoms with Crippen molar-refractivity contribution in [3.63, 3.8) is 0 Å². The van der Waals surface area contributed by atoms with E-state index >= 15 is 0 Å². The highest BCUT2D eigenvalue weighted by Crippen LogP contribution is 2.17. The zero-order chi connectivity index (χ0) is 22.0. The first-order chi connectivity index (χ1) is 14.9. The van der Waals surface area contributed by atoms with Gasteiger partial charge < -0.3 is 5.32 Å². The summed E-state index contributed by atoms with van der Waals surface area (Å²) < 4.78 is 16.4. The molecule has 2 aromatic heterocycles. The number of aromatic nitrogens is 4. The second kappa shape index (κ2) is 8.69. The first-order valence-electron chi connectivity index (χ1n) is 9.67. The third kappa shape index (κ3) is 4.64. The molecule has 4 aromatic rings. The molecule has 1 N–H and O–H groups in total. The number of hydrogen-bond acceptors (Lipinski definition) is 4. The minimum Gasteiger partial charge on any atom is -0.326 e. The number of fused-ring (bicyclic) bond motifs is 1. The first-order valence-corrected chi connectivity index (χ1v) is 10.0. The first kappa shape index (κ1) is 20.7. The number of anilines is 1. The normalized spacial score (nSPS) is 12.1. The van der Waals surface area contributed by atoms with Gasteiger partial charge in [0.15, 0.2) is 0 Å². The van der Waals surface area contributed by atoms with E-state index < -0.39 is 11.4 Å². The summed E-state index contributed by atoms with van der Waals surface area (Å²) in [5, 5.41) is 11.5. The van der Waals surface area contributed by atoms with Gasteiger partial charge in [0.05, 0.1) is 5.69 Å². The highest BCUT2D eigenvalue weighted by Gasteiger charge is 2.16. The molecule has 0 aliphatic carbocycles. The molecule has 0 aliphatic rings. The molecule has 0 radical (unpaired) electrons. The maximum Gasteiger partial charge on any atom is 0.300 e. The van der Waals surface area contributed by atoms with Gasteiger partial charge in [-0.1, -0.05) is 30.7 Å². The SMILES string of the molecule is CC(CC(=O)Nc1cccc(Cl)c1)Cc1nnc2c(=O)n(-c3cccc(F)c3)ccn12. The van der Waals surface area contributed by atoms with Gasteiger partial charge in [0.1, 0.15) is 11.6 Å². The van der Waals surface area contributed by atoms with Gasteiger partial charge in [0.25, 0.3) is 0 Å². The second-order valence-corrected chi connectivity index (χ2v) is 7.77. The molecule has 0 fully saturated rings. The van der Waals surface area contributed by atoms with Crippen LogP contribution in [0.3, 0.4) is 0 Å². The zero-order valence-corrected chi connectivity index (χ0v) is 17.4. The topological polar surface area (TPSA) is 81.3 Å². The molecule has 158 valence electrons. The number of carbonyl (C=O) groups is 1. The lowest BCUT2D eigenvalue weighted by Gasteiger charge is -2.11. The van der Waals surface area contributed by atoms with Crippen molar-refractivity contribution in [3.05, 3.63) is 87.9 Å². The van der Waals surface area contributed by atoms with Crippen molar-refractivity contribution in [2.75, 3.05) is 5.32 Å². The average Bonchev–Trinajstić information content (AvgIpc) is 3.11. The van der Waals surface area contributed by atoms with Gasteiger partial charge in [-0.25, -0.2) is 4.39 Å². The van der Waals surface area contributed by atoms with Crippen LogP contribution in [0.5, 0.6) is 0 Å². The highest BCUT2D eigenvalue weighted by molar-refractivity contribution is 6.30. The summed E-state index contributed by atoms with van der Waals surface area (Å²) in [5.74, 6) is -0.0489. The third-order valence-electron chi connectivity index (χ3n) is 4.80. The lowest BCUT2D eigenvalue weighted by Crippen LogP contribution is -2.21. The summed E-state index contributed by atoms with van der Waals surface area (Å²) in [6, 6.07) is 12.7. The monoisotopic (exact) mass is 439 g/mol. The van der Waals surface area contributed by atoms with Gasteiger partial charge in [-0.3, -0.25) is 18.6 Å². The Hall–Kier alpha value is -3.52. The summed E-state index contributed by atoms with van der Waals surface area (Å²) in [5.41, 5.74) is 0.772. The van der Waals surface area contributed by atoms with E-state index in [0.29, 0.717) is 28.6 Å². The molecule has 0 saturated heterocycles. The number of amides is 1. The molecule has 9 heteroatoms. The predicted octanol–water partition coefficient (Wildman–Crippen LogP) is 3.88. The van der Waals surface area contributed by atoms with Crippen LogP contribution in [0, 0.1) is 11.7 Å². The quantitative estimate of drug-likeness (QED) is 0.494. The Balaban J connectivity index is 1.49. The average molecular weight is 440 g/mol. The largest absolute Gasteiger partial charge is 0.326 e. The number of rotatable bonds is 6. The molecule has 7 nitrogen and oxygen atoms in total. The molecule has 1 amide bonds. The molecule has 2 aromatic carbocycles. The van der Waals surface area contributed by atoms with Crippen molar-refractivity contribution in [1.82, 2.24) is 19.2 Å². The van der Waals surface area contributed by atoms with Crippen LogP contribution in [-0.2, 0) is 11.2 Å². The van der Waals surface area contributed by atoms with Crippen LogP contribution in [0.25, 0.3) is 11.3 Å². The molecule has 31 heavy (non-hydrogen) atoms. The summed E-state index contributed by atoms with van der Waals surface area (Å²) in [4.78, 5) is 25.1. The zero-order valence-electron chi connectivity index (χ0n) is 16.6. The van der Waals surface area contributed by atoms with Gasteiger partial charge in [0.2, 0.25) is 11.6 Å². The van der Waals surface area contributed by atoms with E-state index in [2.05, 4.69) is 15.5 Å². The Labute approximate surface area is 182 Å². The number of hydrogen-bond donors (Lipinski definition) is 1. The molecule has 4 rings (SSSR count). The van der Waals surface area contributed by atoms with Crippen LogP contribution in [0.1, 0.15) is 19.2 Å². The van der Waals surface area contributed by atoms with Crippen LogP contribution < -0.4 is 10.9 Å². The third-order valence-corrected chi connectivity index (χ3v) is 5.04. The van der Waals surface area contributed by atoms with Gasteiger partial charge in [-0.05, 0) is 42.3 Å². The fourth-order valence-corrected chi connectivity index (χ4v) is 3.57. The van der Waals surface area contributed by atoms with Crippen LogP contribution in [0.15, 0.2) is 65.7 Å². The van der Waals surface area contributed by atoms with Crippen molar-refractivity contribution < 1.29 is 9.18 Å². The standard InChI is InChI=1S/C22H19ClFN5O2/c1-14(11-20(30)25-17-6-2-4-15(23)12-17)10-19-26-27-21-22(31)28(8-9-29(19)21)18-7-3-5-16(24)13-18/h2-9,12-14H,10-11H2,1H3,(H,25,30). The van der Waals surface area contributed by atoms with Crippen molar-refractivity contribution >= 4 is 28.8 Å². The fourth-order valence-electron chi connectivity index (χ4n) is 3.38. The molecule has 0 aliphatic heterocycles. The summed E-state index contributed by atoms with van der Waals surface area (Å²) in [6.45, 7) is 1.92. The van der Waals surface area contributed by atoms with E-state index in [9.17, 15) is 14.0 Å². The minimum absolute atomic E-state index is 0.0442. The van der Waals surface area contributed by atoms with E-state index in [1.54, 1.807) is 47.1 Å². The van der Waals surface area contributed by atoms with Gasteiger partial charge >= 0.3 is 5.56 Å². The summed E-state index contributed by atoms with van der Waals surface area (Å²) in [7, 11) is 0. The van der Waals surface area contributed by atoms with Crippen LogP contribution in [0.4, 0.5) is 10.1 Å². The van der Waals surface area contributed by atoms with Crippen LogP contribution in [-0.4, -0.2) is 25.1 Å². The lowest BCUT2D eigenvalue weighted by atomic mass is 10.0. The van der Waals surface area contributed by atoms with Crippen molar-refractivity contribution in [2.24, 2.45) is 5.92 Å². The van der Waals surface area contributed by atoms with E-state index in [1.807, 2.05) is 6.92 Å². The van der Waals surface area contributed by atoms with Crippen LogP contribution >= 0.6 is 11.6 Å². The van der Waals surface area contributed by atoms with Gasteiger partial charge in [-0.2, -0.15) is 0 Å². The number of nitrogens with zero attached hydrogens (tertiary/aromatic N) is 4. The summed E-state index contributed by atoms with van der Waals surface area (Å²) in [6.07, 6.45) is 3.93. The number of carbonyl (C=O) groups excluding carboxylic acids is 1. The maximum atomic E-state index is 13.5. The Morgan fingerprint density at radius 2 is 1.97 bits per heavy atom. The fraction of sp³-hybridized carbons (Fsp3) is 0.182. The molecule has 1 atom stereocenters. The van der Waals surface area contributed by atoms with Gasteiger partial charge in [-0.15, -0.1) is 10.2 Å². The molecule has 0 bridgehead atoms. The van der Waals surface area contributed by atoms with Crippen molar-refractivity contribution in [3.8, 4) is 5.69 Å². The van der Waals surface area contributed by atoms with E-state index in [0.717, 1.165) is 0 Å². The second-order valence-electron chi connectivity index (χ2n) is 7.33. The van der Waals surface area contributed by atoms with E-state index in [1.165, 1.54) is 22.8 Å². The lowest BCUT2D eigenvalue weighted by molar-refractivity contribution is -0.116. The molecule has 0 saturated carbocycles. The van der Waals surface area contributed by atoms with Crippen molar-refractivity contribution in [2.45, 2.75) is 19.8 Å². The summed E-state index contributed by atoms with van der Waals surface area (Å²) >= 11 is 5.94. The molecule has 1 unspecified atom stereocenters. The maximum absolute atomic E-state index is 13.5. The van der Waals surface area contributed by atoms with E-state index in [4.69, 9.17) is 11.6 Å². The number of benzene rings is 2. The molecular formula is C22H19ClFN5O2. The minimum atomic E-state index is -0.434. The number of halogens is 2. The smallest absolute Gasteiger partial charge is 0.300 e. The van der Waals surface area contributed by atoms with Crippen molar-refractivity contribution in [1.29, 1.82) is 0 Å².